The van der Waals surface area contributed by atoms with Gasteiger partial charge in [0.2, 0.25) is 0 Å². The maximum Gasteiger partial charge on any atom is 0.161 e. The SMILES string of the molecule is CCC1CCC(O)C(=O)C1. The fourth-order valence-electron chi connectivity index (χ4n) is 1.43. The van der Waals surface area contributed by atoms with E-state index in [0.29, 0.717) is 18.8 Å². The molecule has 0 amide bonds. The minimum absolute atomic E-state index is 0.0399. The number of aliphatic hydroxyl groups excluding tert-OH is 1. The predicted molar refractivity (Wildman–Crippen MR) is 38.6 cm³/mol. The number of carbonyl (C=O) groups excluding carboxylic acids is 1. The van der Waals surface area contributed by atoms with Gasteiger partial charge in [0.05, 0.1) is 0 Å². The summed E-state index contributed by atoms with van der Waals surface area (Å²) in [5.74, 6) is 0.578. The van der Waals surface area contributed by atoms with Gasteiger partial charge in [-0.1, -0.05) is 13.3 Å². The monoisotopic (exact) mass is 142 g/mol. The molecule has 1 aliphatic carbocycles. The lowest BCUT2D eigenvalue weighted by atomic mass is 9.85. The standard InChI is InChI=1S/C8H14O2/c1-2-6-3-4-7(9)8(10)5-6/h6-7,9H,2-5H2,1H3. The van der Waals surface area contributed by atoms with Gasteiger partial charge >= 0.3 is 0 Å². The van der Waals surface area contributed by atoms with Gasteiger partial charge in [-0.25, -0.2) is 0 Å². The van der Waals surface area contributed by atoms with E-state index < -0.39 is 6.10 Å². The Bertz CT molecular complexity index is 131. The second-order valence-electron chi connectivity index (χ2n) is 3.04. The second-order valence-corrected chi connectivity index (χ2v) is 3.04. The molecule has 0 aromatic heterocycles. The third kappa shape index (κ3) is 1.57. The van der Waals surface area contributed by atoms with Gasteiger partial charge in [0.25, 0.3) is 0 Å². The largest absolute Gasteiger partial charge is 0.385 e. The van der Waals surface area contributed by atoms with Crippen LogP contribution in [0.3, 0.4) is 0 Å². The third-order valence-electron chi connectivity index (χ3n) is 2.29. The van der Waals surface area contributed by atoms with E-state index in [1.54, 1.807) is 0 Å². The maximum atomic E-state index is 10.9. The molecule has 0 aromatic carbocycles. The Morgan fingerprint density at radius 3 is 2.80 bits per heavy atom. The highest BCUT2D eigenvalue weighted by molar-refractivity contribution is 5.83. The van der Waals surface area contributed by atoms with Crippen molar-refractivity contribution in [2.24, 2.45) is 5.92 Å². The van der Waals surface area contributed by atoms with Crippen LogP contribution >= 0.6 is 0 Å². The van der Waals surface area contributed by atoms with E-state index >= 15 is 0 Å². The van der Waals surface area contributed by atoms with E-state index in [4.69, 9.17) is 5.11 Å². The van der Waals surface area contributed by atoms with Gasteiger partial charge in [-0.2, -0.15) is 0 Å². The van der Waals surface area contributed by atoms with Crippen molar-refractivity contribution in [1.82, 2.24) is 0 Å². The smallest absolute Gasteiger partial charge is 0.161 e. The molecule has 0 radical (unpaired) electrons. The number of aliphatic hydroxyl groups is 1. The lowest BCUT2D eigenvalue weighted by molar-refractivity contribution is -0.130. The second kappa shape index (κ2) is 3.15. The molecule has 0 spiro atoms. The first-order chi connectivity index (χ1) is 4.74. The normalized spacial score (nSPS) is 34.4. The number of Topliss-reactive ketones (excluding diaryl/α,β-unsaturated/α-hetero) is 1. The lowest BCUT2D eigenvalue weighted by Crippen LogP contribution is -2.28. The third-order valence-corrected chi connectivity index (χ3v) is 2.29. The van der Waals surface area contributed by atoms with Gasteiger partial charge in [0.15, 0.2) is 5.78 Å². The summed E-state index contributed by atoms with van der Waals surface area (Å²) < 4.78 is 0. The quantitative estimate of drug-likeness (QED) is 0.595. The summed E-state index contributed by atoms with van der Waals surface area (Å²) in [6.07, 6.45) is 2.71. The fourth-order valence-corrected chi connectivity index (χ4v) is 1.43. The van der Waals surface area contributed by atoms with E-state index in [-0.39, 0.29) is 5.78 Å². The molecular weight excluding hydrogens is 128 g/mol. The van der Waals surface area contributed by atoms with Crippen LogP contribution in [0.4, 0.5) is 0 Å². The van der Waals surface area contributed by atoms with Crippen LogP contribution in [0.1, 0.15) is 32.6 Å². The Morgan fingerprint density at radius 2 is 2.30 bits per heavy atom. The van der Waals surface area contributed by atoms with E-state index in [0.717, 1.165) is 12.8 Å². The number of carbonyl (C=O) groups is 1. The van der Waals surface area contributed by atoms with E-state index in [1.807, 2.05) is 0 Å². The van der Waals surface area contributed by atoms with Crippen LogP contribution in [0.15, 0.2) is 0 Å². The van der Waals surface area contributed by atoms with Gasteiger partial charge in [0.1, 0.15) is 6.10 Å². The van der Waals surface area contributed by atoms with E-state index in [2.05, 4.69) is 6.92 Å². The zero-order valence-electron chi connectivity index (χ0n) is 6.34. The molecule has 0 saturated heterocycles. The Balaban J connectivity index is 2.41. The van der Waals surface area contributed by atoms with Crippen molar-refractivity contribution < 1.29 is 9.90 Å². The zero-order valence-corrected chi connectivity index (χ0v) is 6.34. The molecule has 1 fully saturated rings. The van der Waals surface area contributed by atoms with Gasteiger partial charge in [-0.3, -0.25) is 4.79 Å². The van der Waals surface area contributed by atoms with Crippen LogP contribution in [0, 0.1) is 5.92 Å². The highest BCUT2D eigenvalue weighted by atomic mass is 16.3. The highest BCUT2D eigenvalue weighted by Gasteiger charge is 2.25. The molecule has 0 heterocycles. The van der Waals surface area contributed by atoms with Crippen molar-refractivity contribution in [2.45, 2.75) is 38.7 Å². The molecule has 0 bridgehead atoms. The number of hydrogen-bond acceptors (Lipinski definition) is 2. The summed E-state index contributed by atoms with van der Waals surface area (Å²) in [6, 6.07) is 0. The summed E-state index contributed by atoms with van der Waals surface area (Å²) in [6.45, 7) is 2.09. The minimum atomic E-state index is -0.650. The van der Waals surface area contributed by atoms with Crippen molar-refractivity contribution in [3.05, 3.63) is 0 Å². The fraction of sp³-hybridized carbons (Fsp3) is 0.875. The molecule has 1 rings (SSSR count). The average molecular weight is 142 g/mol. The first-order valence-corrected chi connectivity index (χ1v) is 3.94. The summed E-state index contributed by atoms with van der Waals surface area (Å²) in [5, 5.41) is 9.04. The summed E-state index contributed by atoms with van der Waals surface area (Å²) in [7, 11) is 0. The molecule has 1 aliphatic rings. The van der Waals surface area contributed by atoms with Gasteiger partial charge in [-0.05, 0) is 18.8 Å². The van der Waals surface area contributed by atoms with Crippen LogP contribution in [0.2, 0.25) is 0 Å². The van der Waals surface area contributed by atoms with Crippen LogP contribution in [0.5, 0.6) is 0 Å². The zero-order chi connectivity index (χ0) is 7.56. The first-order valence-electron chi connectivity index (χ1n) is 3.94. The lowest BCUT2D eigenvalue weighted by Gasteiger charge is -2.22. The Hall–Kier alpha value is -0.370. The molecule has 58 valence electrons. The molecular formula is C8H14O2. The van der Waals surface area contributed by atoms with E-state index in [1.165, 1.54) is 0 Å². The Labute approximate surface area is 61.2 Å². The predicted octanol–water partition coefficient (Wildman–Crippen LogP) is 1.13. The molecule has 2 atom stereocenters. The van der Waals surface area contributed by atoms with Crippen molar-refractivity contribution >= 4 is 5.78 Å². The molecule has 2 nitrogen and oxygen atoms in total. The van der Waals surface area contributed by atoms with Gasteiger partial charge in [-0.15, -0.1) is 0 Å². The topological polar surface area (TPSA) is 37.3 Å². The van der Waals surface area contributed by atoms with Crippen LogP contribution in [0.25, 0.3) is 0 Å². The highest BCUT2D eigenvalue weighted by Crippen LogP contribution is 2.23. The number of ketones is 1. The van der Waals surface area contributed by atoms with Crippen LogP contribution in [-0.4, -0.2) is 17.0 Å². The molecule has 2 heteroatoms. The van der Waals surface area contributed by atoms with Crippen molar-refractivity contribution in [3.8, 4) is 0 Å². The van der Waals surface area contributed by atoms with Crippen molar-refractivity contribution in [1.29, 1.82) is 0 Å². The molecule has 0 aromatic rings. The number of hydrogen-bond donors (Lipinski definition) is 1. The molecule has 0 aliphatic heterocycles. The minimum Gasteiger partial charge on any atom is -0.385 e. The molecule has 10 heavy (non-hydrogen) atoms. The molecule has 1 saturated carbocycles. The maximum absolute atomic E-state index is 10.9. The van der Waals surface area contributed by atoms with Crippen molar-refractivity contribution in [2.75, 3.05) is 0 Å². The summed E-state index contributed by atoms with van der Waals surface area (Å²) in [4.78, 5) is 10.9. The molecule has 2 unspecified atom stereocenters. The average Bonchev–Trinajstić information content (AvgIpc) is 1.95. The van der Waals surface area contributed by atoms with Gasteiger partial charge < -0.3 is 5.11 Å². The summed E-state index contributed by atoms with van der Waals surface area (Å²) in [5.41, 5.74) is 0. The van der Waals surface area contributed by atoms with Crippen LogP contribution in [-0.2, 0) is 4.79 Å². The first kappa shape index (κ1) is 7.73. The Kier molecular flexibility index (Phi) is 2.44. The van der Waals surface area contributed by atoms with Crippen LogP contribution < -0.4 is 0 Å². The van der Waals surface area contributed by atoms with Gasteiger partial charge in [0, 0.05) is 6.42 Å². The molecule has 1 N–H and O–H groups in total. The van der Waals surface area contributed by atoms with E-state index in [9.17, 15) is 4.79 Å². The Morgan fingerprint density at radius 1 is 1.60 bits per heavy atom. The number of rotatable bonds is 1. The van der Waals surface area contributed by atoms with Crippen molar-refractivity contribution in [3.63, 3.8) is 0 Å². The summed E-state index contributed by atoms with van der Waals surface area (Å²) >= 11 is 0.